The molecule has 1 aliphatic heterocycles. The van der Waals surface area contributed by atoms with Crippen molar-refractivity contribution >= 4 is 5.78 Å². The number of ketones is 1. The van der Waals surface area contributed by atoms with E-state index in [1.54, 1.807) is 12.1 Å². The van der Waals surface area contributed by atoms with Crippen LogP contribution in [-0.2, 0) is 0 Å². The van der Waals surface area contributed by atoms with Crippen molar-refractivity contribution in [3.05, 3.63) is 17.7 Å². The summed E-state index contributed by atoms with van der Waals surface area (Å²) in [5.74, 6) is 1.83. The summed E-state index contributed by atoms with van der Waals surface area (Å²) in [4.78, 5) is 13.0. The molecule has 2 rings (SSSR count). The van der Waals surface area contributed by atoms with Gasteiger partial charge in [0.25, 0.3) is 0 Å². The Labute approximate surface area is 138 Å². The molecule has 1 saturated heterocycles. The van der Waals surface area contributed by atoms with Crippen LogP contribution in [0.25, 0.3) is 0 Å². The van der Waals surface area contributed by atoms with Crippen LogP contribution in [0.1, 0.15) is 44.0 Å². The standard InChI is InChI=1S/C18H27NO4/c1-4-21-14-10-15(22-5-2)17(16(11-14)23-6-3)18(20)13-8-7-9-19-12-13/h10-11,13,19H,4-9,12H2,1-3H3. The van der Waals surface area contributed by atoms with Crippen molar-refractivity contribution in [3.63, 3.8) is 0 Å². The predicted molar refractivity (Wildman–Crippen MR) is 89.9 cm³/mol. The molecule has 23 heavy (non-hydrogen) atoms. The molecule has 0 aromatic heterocycles. The first kappa shape index (κ1) is 17.6. The SMILES string of the molecule is CCOc1cc(OCC)c(C(=O)C2CCCNC2)c(OCC)c1. The number of nitrogens with one attached hydrogen (secondary N) is 1. The zero-order valence-electron chi connectivity index (χ0n) is 14.3. The van der Waals surface area contributed by atoms with E-state index in [-0.39, 0.29) is 11.7 Å². The third kappa shape index (κ3) is 4.38. The van der Waals surface area contributed by atoms with Crippen molar-refractivity contribution in [2.24, 2.45) is 5.92 Å². The smallest absolute Gasteiger partial charge is 0.174 e. The highest BCUT2D eigenvalue weighted by atomic mass is 16.5. The predicted octanol–water partition coefficient (Wildman–Crippen LogP) is 3.07. The normalized spacial score (nSPS) is 17.6. The highest BCUT2D eigenvalue weighted by Gasteiger charge is 2.28. The molecule has 0 amide bonds. The van der Waals surface area contributed by atoms with E-state index in [0.717, 1.165) is 19.4 Å². The molecule has 0 saturated carbocycles. The Morgan fingerprint density at radius 3 is 2.17 bits per heavy atom. The lowest BCUT2D eigenvalue weighted by Gasteiger charge is -2.24. The third-order valence-corrected chi connectivity index (χ3v) is 3.86. The molecule has 1 aromatic carbocycles. The maximum atomic E-state index is 13.0. The van der Waals surface area contributed by atoms with Crippen LogP contribution in [0.3, 0.4) is 0 Å². The van der Waals surface area contributed by atoms with Gasteiger partial charge in [0.15, 0.2) is 5.78 Å². The van der Waals surface area contributed by atoms with Crippen molar-refractivity contribution in [2.75, 3.05) is 32.9 Å². The minimum atomic E-state index is -0.0277. The topological polar surface area (TPSA) is 56.8 Å². The van der Waals surface area contributed by atoms with Gasteiger partial charge in [-0.25, -0.2) is 0 Å². The van der Waals surface area contributed by atoms with Gasteiger partial charge in [-0.3, -0.25) is 4.79 Å². The summed E-state index contributed by atoms with van der Waals surface area (Å²) < 4.78 is 17.0. The monoisotopic (exact) mass is 321 g/mol. The molecule has 1 atom stereocenters. The van der Waals surface area contributed by atoms with Crippen molar-refractivity contribution in [1.82, 2.24) is 5.32 Å². The molecule has 128 valence electrons. The number of benzene rings is 1. The summed E-state index contributed by atoms with van der Waals surface area (Å²) in [6, 6.07) is 3.58. The van der Waals surface area contributed by atoms with Crippen LogP contribution in [0, 0.1) is 5.92 Å². The fourth-order valence-electron chi connectivity index (χ4n) is 2.88. The van der Waals surface area contributed by atoms with Gasteiger partial charge in [0, 0.05) is 24.6 Å². The summed E-state index contributed by atoms with van der Waals surface area (Å²) in [6.07, 6.45) is 1.91. The fourth-order valence-corrected chi connectivity index (χ4v) is 2.88. The summed E-state index contributed by atoms with van der Waals surface area (Å²) in [6.45, 7) is 8.96. The van der Waals surface area contributed by atoms with Crippen LogP contribution < -0.4 is 19.5 Å². The molecular formula is C18H27NO4. The van der Waals surface area contributed by atoms with E-state index in [1.165, 1.54) is 0 Å². The van der Waals surface area contributed by atoms with Gasteiger partial charge in [-0.05, 0) is 40.2 Å². The summed E-state index contributed by atoms with van der Waals surface area (Å²) in [7, 11) is 0. The van der Waals surface area contributed by atoms with Gasteiger partial charge in [-0.1, -0.05) is 0 Å². The number of piperidine rings is 1. The molecule has 1 aromatic rings. The van der Waals surface area contributed by atoms with Crippen molar-refractivity contribution in [2.45, 2.75) is 33.6 Å². The molecule has 0 radical (unpaired) electrons. The Kier molecular flexibility index (Phi) is 6.71. The van der Waals surface area contributed by atoms with Crippen LogP contribution >= 0.6 is 0 Å². The zero-order valence-corrected chi connectivity index (χ0v) is 14.3. The van der Waals surface area contributed by atoms with E-state index >= 15 is 0 Å². The number of ether oxygens (including phenoxy) is 3. The Balaban J connectivity index is 2.41. The van der Waals surface area contributed by atoms with Crippen LogP contribution in [0.4, 0.5) is 0 Å². The van der Waals surface area contributed by atoms with E-state index in [4.69, 9.17) is 14.2 Å². The lowest BCUT2D eigenvalue weighted by atomic mass is 9.90. The van der Waals surface area contributed by atoms with E-state index in [2.05, 4.69) is 5.32 Å². The Morgan fingerprint density at radius 1 is 1.09 bits per heavy atom. The lowest BCUT2D eigenvalue weighted by molar-refractivity contribution is 0.0891. The molecule has 1 N–H and O–H groups in total. The van der Waals surface area contributed by atoms with Crippen molar-refractivity contribution in [3.8, 4) is 17.2 Å². The average Bonchev–Trinajstić information content (AvgIpc) is 2.56. The number of hydrogen-bond acceptors (Lipinski definition) is 5. The second-order valence-corrected chi connectivity index (χ2v) is 5.50. The number of rotatable bonds is 8. The molecular weight excluding hydrogens is 294 g/mol. The summed E-state index contributed by atoms with van der Waals surface area (Å²) in [5, 5.41) is 3.29. The highest BCUT2D eigenvalue weighted by molar-refractivity contribution is 6.03. The van der Waals surface area contributed by atoms with Crippen LogP contribution in [0.5, 0.6) is 17.2 Å². The summed E-state index contributed by atoms with van der Waals surface area (Å²) in [5.41, 5.74) is 0.547. The second kappa shape index (κ2) is 8.77. The zero-order chi connectivity index (χ0) is 16.7. The highest BCUT2D eigenvalue weighted by Crippen LogP contribution is 2.37. The van der Waals surface area contributed by atoms with E-state index in [1.807, 2.05) is 20.8 Å². The minimum absolute atomic E-state index is 0.0277. The van der Waals surface area contributed by atoms with Gasteiger partial charge in [0.1, 0.15) is 22.8 Å². The van der Waals surface area contributed by atoms with Gasteiger partial charge in [-0.15, -0.1) is 0 Å². The molecule has 0 aliphatic carbocycles. The minimum Gasteiger partial charge on any atom is -0.494 e. The van der Waals surface area contributed by atoms with Gasteiger partial charge in [0.2, 0.25) is 0 Å². The molecule has 1 heterocycles. The molecule has 1 unspecified atom stereocenters. The fraction of sp³-hybridized carbons (Fsp3) is 0.611. The molecule has 1 aliphatic rings. The largest absolute Gasteiger partial charge is 0.494 e. The molecule has 1 fully saturated rings. The maximum Gasteiger partial charge on any atom is 0.174 e. The van der Waals surface area contributed by atoms with E-state index in [9.17, 15) is 4.79 Å². The Bertz CT molecular complexity index is 497. The number of carbonyl (C=O) groups excluding carboxylic acids is 1. The van der Waals surface area contributed by atoms with Gasteiger partial charge in [0.05, 0.1) is 19.8 Å². The van der Waals surface area contributed by atoms with Gasteiger partial charge < -0.3 is 19.5 Å². The van der Waals surface area contributed by atoms with Crippen LogP contribution in [-0.4, -0.2) is 38.7 Å². The lowest BCUT2D eigenvalue weighted by Crippen LogP contribution is -2.34. The molecule has 0 spiro atoms. The Morgan fingerprint density at radius 2 is 1.70 bits per heavy atom. The number of Topliss-reactive ketones (excluding diaryl/α,β-unsaturated/α-hetero) is 1. The molecule has 5 heteroatoms. The quantitative estimate of drug-likeness (QED) is 0.746. The number of hydrogen-bond donors (Lipinski definition) is 1. The average molecular weight is 321 g/mol. The number of carbonyl (C=O) groups is 1. The van der Waals surface area contributed by atoms with E-state index in [0.29, 0.717) is 49.2 Å². The Hall–Kier alpha value is -1.75. The van der Waals surface area contributed by atoms with Crippen molar-refractivity contribution < 1.29 is 19.0 Å². The van der Waals surface area contributed by atoms with Gasteiger partial charge >= 0.3 is 0 Å². The maximum absolute atomic E-state index is 13.0. The first-order valence-corrected chi connectivity index (χ1v) is 8.52. The van der Waals surface area contributed by atoms with Crippen LogP contribution in [0.15, 0.2) is 12.1 Å². The van der Waals surface area contributed by atoms with E-state index < -0.39 is 0 Å². The first-order valence-electron chi connectivity index (χ1n) is 8.52. The first-order chi connectivity index (χ1) is 11.2. The molecule has 0 bridgehead atoms. The summed E-state index contributed by atoms with van der Waals surface area (Å²) >= 11 is 0. The van der Waals surface area contributed by atoms with Crippen LogP contribution in [0.2, 0.25) is 0 Å². The van der Waals surface area contributed by atoms with Gasteiger partial charge in [-0.2, -0.15) is 0 Å². The second-order valence-electron chi connectivity index (χ2n) is 5.50. The molecule has 5 nitrogen and oxygen atoms in total. The van der Waals surface area contributed by atoms with Crippen molar-refractivity contribution in [1.29, 1.82) is 0 Å². The third-order valence-electron chi connectivity index (χ3n) is 3.86.